The Bertz CT molecular complexity index is 472. The van der Waals surface area contributed by atoms with Gasteiger partial charge in [-0.25, -0.2) is 0 Å². The molecular weight excluding hydrogens is 262 g/mol. The fourth-order valence-electron chi connectivity index (χ4n) is 2.21. The lowest BCUT2D eigenvalue weighted by Gasteiger charge is -2.35. The Hall–Kier alpha value is -1.40. The highest BCUT2D eigenvalue weighted by Crippen LogP contribution is 2.18. The molecular formula is C13H19N3O2S. The molecule has 2 rings (SSSR count). The Morgan fingerprint density at radius 2 is 2.32 bits per heavy atom. The number of hydrogen-bond acceptors (Lipinski definition) is 4. The van der Waals surface area contributed by atoms with Crippen LogP contribution in [0.25, 0.3) is 0 Å². The molecule has 104 valence electrons. The molecule has 0 saturated carbocycles. The Balaban J connectivity index is 2.18. The number of carbonyl (C=O) groups is 2. The molecule has 1 aromatic rings. The fourth-order valence-corrected chi connectivity index (χ4v) is 3.03. The largest absolute Gasteiger partial charge is 0.355 e. The molecule has 0 aliphatic carbocycles. The number of hydrogen-bond donors (Lipinski definition) is 2. The average Bonchev–Trinajstić information content (AvgIpc) is 2.84. The molecule has 2 heterocycles. The van der Waals surface area contributed by atoms with E-state index in [0.29, 0.717) is 25.2 Å². The van der Waals surface area contributed by atoms with Crippen molar-refractivity contribution in [3.05, 3.63) is 21.9 Å². The van der Waals surface area contributed by atoms with Crippen LogP contribution in [0.1, 0.15) is 22.8 Å². The lowest BCUT2D eigenvalue weighted by molar-refractivity contribution is -0.126. The Morgan fingerprint density at radius 1 is 1.53 bits per heavy atom. The maximum absolute atomic E-state index is 12.5. The van der Waals surface area contributed by atoms with Crippen LogP contribution in [0.15, 0.2) is 10.8 Å². The molecule has 1 atom stereocenters. The molecule has 19 heavy (non-hydrogen) atoms. The highest BCUT2D eigenvalue weighted by molar-refractivity contribution is 7.08. The average molecular weight is 281 g/mol. The van der Waals surface area contributed by atoms with Gasteiger partial charge in [-0.05, 0) is 24.8 Å². The zero-order valence-electron chi connectivity index (χ0n) is 11.2. The summed E-state index contributed by atoms with van der Waals surface area (Å²) in [4.78, 5) is 26.2. The summed E-state index contributed by atoms with van der Waals surface area (Å²) in [5.41, 5.74) is 1.68. The minimum absolute atomic E-state index is 0.0449. The van der Waals surface area contributed by atoms with Gasteiger partial charge in [-0.15, -0.1) is 0 Å². The molecule has 1 aliphatic heterocycles. The molecule has 1 saturated heterocycles. The first-order chi connectivity index (χ1) is 9.15. The van der Waals surface area contributed by atoms with Gasteiger partial charge in [0.05, 0.1) is 5.56 Å². The van der Waals surface area contributed by atoms with Crippen LogP contribution in [0, 0.1) is 6.92 Å². The zero-order valence-corrected chi connectivity index (χ0v) is 12.0. The summed E-state index contributed by atoms with van der Waals surface area (Å²) in [6.45, 7) is 6.19. The third-order valence-corrected chi connectivity index (χ3v) is 4.11. The molecule has 0 radical (unpaired) electrons. The predicted molar refractivity (Wildman–Crippen MR) is 75.4 cm³/mol. The van der Waals surface area contributed by atoms with Crippen LogP contribution >= 0.6 is 11.3 Å². The predicted octanol–water partition coefficient (Wildman–Crippen LogP) is 0.607. The van der Waals surface area contributed by atoms with Crippen molar-refractivity contribution in [1.82, 2.24) is 15.5 Å². The van der Waals surface area contributed by atoms with Crippen molar-refractivity contribution in [1.29, 1.82) is 0 Å². The van der Waals surface area contributed by atoms with Gasteiger partial charge in [-0.2, -0.15) is 11.3 Å². The first-order valence-corrected chi connectivity index (χ1v) is 7.41. The maximum atomic E-state index is 12.5. The summed E-state index contributed by atoms with van der Waals surface area (Å²) < 4.78 is 0. The van der Waals surface area contributed by atoms with Gasteiger partial charge in [0.25, 0.3) is 5.91 Å². The second-order valence-corrected chi connectivity index (χ2v) is 5.33. The van der Waals surface area contributed by atoms with E-state index in [4.69, 9.17) is 0 Å². The van der Waals surface area contributed by atoms with Crippen LogP contribution in [0.2, 0.25) is 0 Å². The summed E-state index contributed by atoms with van der Waals surface area (Å²) in [6.07, 6.45) is 0. The standard InChI is InChI=1S/C13H19N3O2S/c1-3-15-12(17)11-6-14-4-5-16(11)13(18)10-8-19-7-9(10)2/h7-8,11,14H,3-6H2,1-2H3,(H,15,17). The maximum Gasteiger partial charge on any atom is 0.255 e. The monoisotopic (exact) mass is 281 g/mol. The van der Waals surface area contributed by atoms with Crippen molar-refractivity contribution in [2.24, 2.45) is 0 Å². The molecule has 2 N–H and O–H groups in total. The van der Waals surface area contributed by atoms with Crippen molar-refractivity contribution in [2.45, 2.75) is 19.9 Å². The fraction of sp³-hybridized carbons (Fsp3) is 0.538. The van der Waals surface area contributed by atoms with Crippen LogP contribution in [-0.4, -0.2) is 48.9 Å². The molecule has 2 amide bonds. The SMILES string of the molecule is CCNC(=O)C1CNCCN1C(=O)c1cscc1C. The molecule has 1 aliphatic rings. The normalized spacial score (nSPS) is 19.3. The molecule has 5 nitrogen and oxygen atoms in total. The van der Waals surface area contributed by atoms with Crippen LogP contribution in [0.5, 0.6) is 0 Å². The Labute approximate surface area is 117 Å². The van der Waals surface area contributed by atoms with Gasteiger partial charge in [0, 0.05) is 31.6 Å². The Morgan fingerprint density at radius 3 is 2.95 bits per heavy atom. The minimum atomic E-state index is -0.416. The molecule has 0 bridgehead atoms. The highest BCUT2D eigenvalue weighted by Gasteiger charge is 2.32. The smallest absolute Gasteiger partial charge is 0.255 e. The van der Waals surface area contributed by atoms with Gasteiger partial charge in [0.2, 0.25) is 5.91 Å². The second-order valence-electron chi connectivity index (χ2n) is 4.58. The Kier molecular flexibility index (Phi) is 4.55. The van der Waals surface area contributed by atoms with E-state index in [1.807, 2.05) is 24.6 Å². The number of rotatable bonds is 3. The van der Waals surface area contributed by atoms with Crippen molar-refractivity contribution >= 4 is 23.2 Å². The third-order valence-electron chi connectivity index (χ3n) is 3.24. The van der Waals surface area contributed by atoms with Crippen molar-refractivity contribution in [3.8, 4) is 0 Å². The number of aryl methyl sites for hydroxylation is 1. The van der Waals surface area contributed by atoms with Crippen LogP contribution < -0.4 is 10.6 Å². The van der Waals surface area contributed by atoms with E-state index >= 15 is 0 Å². The highest BCUT2D eigenvalue weighted by atomic mass is 32.1. The van der Waals surface area contributed by atoms with Gasteiger partial charge in [0.1, 0.15) is 6.04 Å². The van der Waals surface area contributed by atoms with Gasteiger partial charge < -0.3 is 15.5 Å². The first-order valence-electron chi connectivity index (χ1n) is 6.47. The number of piperazine rings is 1. The number of thiophene rings is 1. The molecule has 0 aromatic carbocycles. The van der Waals surface area contributed by atoms with Gasteiger partial charge in [-0.3, -0.25) is 9.59 Å². The van der Waals surface area contributed by atoms with Crippen molar-refractivity contribution in [3.63, 3.8) is 0 Å². The zero-order chi connectivity index (χ0) is 13.8. The molecule has 6 heteroatoms. The molecule has 0 spiro atoms. The number of carbonyl (C=O) groups excluding carboxylic acids is 2. The topological polar surface area (TPSA) is 61.4 Å². The summed E-state index contributed by atoms with van der Waals surface area (Å²) in [5.74, 6) is -0.132. The number of nitrogens with one attached hydrogen (secondary N) is 2. The van der Waals surface area contributed by atoms with E-state index < -0.39 is 6.04 Å². The lowest BCUT2D eigenvalue weighted by atomic mass is 10.1. The summed E-state index contributed by atoms with van der Waals surface area (Å²) in [5, 5.41) is 9.77. The first kappa shape index (κ1) is 14.0. The second kappa shape index (κ2) is 6.16. The molecule has 1 aromatic heterocycles. The minimum Gasteiger partial charge on any atom is -0.355 e. The summed E-state index contributed by atoms with van der Waals surface area (Å²) in [7, 11) is 0. The molecule has 1 unspecified atom stereocenters. The van der Waals surface area contributed by atoms with Gasteiger partial charge >= 0.3 is 0 Å². The van der Waals surface area contributed by atoms with Crippen molar-refractivity contribution in [2.75, 3.05) is 26.2 Å². The number of nitrogens with zero attached hydrogens (tertiary/aromatic N) is 1. The van der Waals surface area contributed by atoms with Gasteiger partial charge in [-0.1, -0.05) is 0 Å². The van der Waals surface area contributed by atoms with E-state index in [-0.39, 0.29) is 11.8 Å². The van der Waals surface area contributed by atoms with E-state index in [9.17, 15) is 9.59 Å². The van der Waals surface area contributed by atoms with E-state index in [0.717, 1.165) is 12.1 Å². The van der Waals surface area contributed by atoms with Crippen LogP contribution in [0.4, 0.5) is 0 Å². The quantitative estimate of drug-likeness (QED) is 0.853. The van der Waals surface area contributed by atoms with Crippen LogP contribution in [-0.2, 0) is 4.79 Å². The van der Waals surface area contributed by atoms with E-state index in [1.165, 1.54) is 11.3 Å². The van der Waals surface area contributed by atoms with Crippen LogP contribution in [0.3, 0.4) is 0 Å². The number of likely N-dealkylation sites (N-methyl/N-ethyl adjacent to an activating group) is 1. The van der Waals surface area contributed by atoms with E-state index in [1.54, 1.807) is 4.90 Å². The van der Waals surface area contributed by atoms with E-state index in [2.05, 4.69) is 10.6 Å². The summed E-state index contributed by atoms with van der Waals surface area (Å²) >= 11 is 1.51. The molecule has 1 fully saturated rings. The van der Waals surface area contributed by atoms with Gasteiger partial charge in [0.15, 0.2) is 0 Å². The number of amides is 2. The van der Waals surface area contributed by atoms with Crippen molar-refractivity contribution < 1.29 is 9.59 Å². The third kappa shape index (κ3) is 2.96. The lowest BCUT2D eigenvalue weighted by Crippen LogP contribution is -2.59. The summed E-state index contributed by atoms with van der Waals surface area (Å²) in [6, 6.07) is -0.416.